The van der Waals surface area contributed by atoms with Crippen LogP contribution in [-0.2, 0) is 6.61 Å². The van der Waals surface area contributed by atoms with Crippen molar-refractivity contribution in [2.45, 2.75) is 13.5 Å². The van der Waals surface area contributed by atoms with E-state index in [0.29, 0.717) is 35.8 Å². The van der Waals surface area contributed by atoms with E-state index >= 15 is 0 Å². The van der Waals surface area contributed by atoms with Crippen LogP contribution in [0.3, 0.4) is 0 Å². The second-order valence-electron chi connectivity index (χ2n) is 6.58. The molecule has 1 N–H and O–H groups in total. The van der Waals surface area contributed by atoms with Crippen molar-refractivity contribution in [3.63, 3.8) is 0 Å². The van der Waals surface area contributed by atoms with Gasteiger partial charge in [-0.25, -0.2) is 4.79 Å². The predicted molar refractivity (Wildman–Crippen MR) is 123 cm³/mol. The van der Waals surface area contributed by atoms with E-state index in [4.69, 9.17) is 14.6 Å². The van der Waals surface area contributed by atoms with Crippen LogP contribution in [0.1, 0.15) is 34.0 Å². The Morgan fingerprint density at radius 2 is 1.68 bits per heavy atom. The van der Waals surface area contributed by atoms with Gasteiger partial charge in [-0.1, -0.05) is 58.4 Å². The molecule has 31 heavy (non-hydrogen) atoms. The highest BCUT2D eigenvalue weighted by Gasteiger charge is 2.12. The summed E-state index contributed by atoms with van der Waals surface area (Å²) >= 11 is 3.55. The Morgan fingerprint density at radius 1 is 1.03 bits per heavy atom. The molecule has 0 bridgehead atoms. The summed E-state index contributed by atoms with van der Waals surface area (Å²) in [6.07, 6.45) is 1.73. The summed E-state index contributed by atoms with van der Waals surface area (Å²) in [7, 11) is 0. The molecule has 0 heterocycles. The van der Waals surface area contributed by atoms with E-state index in [-0.39, 0.29) is 5.56 Å². The summed E-state index contributed by atoms with van der Waals surface area (Å²) in [5.74, 6) is 0.162. The van der Waals surface area contributed by atoms with E-state index in [0.717, 1.165) is 15.6 Å². The molecule has 0 unspecified atom stereocenters. The smallest absolute Gasteiger partial charge is 0.335 e. The molecule has 6 heteroatoms. The number of hydrogen-bond donors (Lipinski definition) is 1. The van der Waals surface area contributed by atoms with E-state index in [1.165, 1.54) is 12.1 Å². The topological polar surface area (TPSA) is 79.5 Å². The zero-order valence-electron chi connectivity index (χ0n) is 16.8. The van der Waals surface area contributed by atoms with Gasteiger partial charge in [0.15, 0.2) is 11.5 Å². The van der Waals surface area contributed by atoms with E-state index in [1.807, 2.05) is 49.4 Å². The van der Waals surface area contributed by atoms with Crippen LogP contribution in [0, 0.1) is 11.3 Å². The Morgan fingerprint density at radius 3 is 2.29 bits per heavy atom. The molecule has 0 spiro atoms. The Hall–Kier alpha value is -3.56. The maximum absolute atomic E-state index is 11.1. The lowest BCUT2D eigenvalue weighted by molar-refractivity contribution is 0.0697. The molecule has 0 fully saturated rings. The Bertz CT molecular complexity index is 1130. The van der Waals surface area contributed by atoms with Crippen molar-refractivity contribution < 1.29 is 19.4 Å². The molecule has 156 valence electrons. The van der Waals surface area contributed by atoms with Gasteiger partial charge in [-0.05, 0) is 54.0 Å². The van der Waals surface area contributed by atoms with Crippen LogP contribution >= 0.6 is 15.9 Å². The fourth-order valence-corrected chi connectivity index (χ4v) is 3.34. The maximum Gasteiger partial charge on any atom is 0.335 e. The lowest BCUT2D eigenvalue weighted by atomic mass is 10.0. The number of carbonyl (C=O) groups is 1. The molecule has 0 aliphatic rings. The van der Waals surface area contributed by atoms with Gasteiger partial charge in [0.1, 0.15) is 6.61 Å². The molecule has 0 saturated heterocycles. The number of hydrogen-bond acceptors (Lipinski definition) is 4. The van der Waals surface area contributed by atoms with Crippen LogP contribution in [0.2, 0.25) is 0 Å². The fraction of sp³-hybridized carbons (Fsp3) is 0.120. The quantitative estimate of drug-likeness (QED) is 0.309. The fourth-order valence-electron chi connectivity index (χ4n) is 2.91. The Balaban J connectivity index is 1.91. The van der Waals surface area contributed by atoms with Crippen molar-refractivity contribution >= 4 is 33.5 Å². The molecule has 0 radical (unpaired) electrons. The zero-order chi connectivity index (χ0) is 22.2. The summed E-state index contributed by atoms with van der Waals surface area (Å²) in [6.45, 7) is 2.76. The van der Waals surface area contributed by atoms with E-state index in [9.17, 15) is 10.1 Å². The van der Waals surface area contributed by atoms with Gasteiger partial charge < -0.3 is 14.6 Å². The average Bonchev–Trinajstić information content (AvgIpc) is 2.79. The molecule has 0 atom stereocenters. The van der Waals surface area contributed by atoms with Crippen LogP contribution < -0.4 is 9.47 Å². The molecule has 0 amide bonds. The molecule has 3 aromatic rings. The number of benzene rings is 3. The average molecular weight is 478 g/mol. The largest absolute Gasteiger partial charge is 0.490 e. The molecule has 3 rings (SSSR count). The van der Waals surface area contributed by atoms with Gasteiger partial charge in [0.2, 0.25) is 0 Å². The van der Waals surface area contributed by atoms with Crippen LogP contribution in [0.25, 0.3) is 11.6 Å². The van der Waals surface area contributed by atoms with Crippen molar-refractivity contribution in [1.29, 1.82) is 5.26 Å². The number of nitriles is 1. The number of nitrogens with zero attached hydrogens (tertiary/aromatic N) is 1. The van der Waals surface area contributed by atoms with Gasteiger partial charge in [0.05, 0.1) is 23.8 Å². The van der Waals surface area contributed by atoms with Crippen LogP contribution in [0.15, 0.2) is 71.2 Å². The number of carboxylic acid groups (broad SMARTS) is 1. The summed E-state index contributed by atoms with van der Waals surface area (Å²) < 4.78 is 12.5. The number of ether oxygens (including phenoxy) is 2. The first-order valence-corrected chi connectivity index (χ1v) is 10.4. The van der Waals surface area contributed by atoms with Gasteiger partial charge in [0.25, 0.3) is 0 Å². The minimum absolute atomic E-state index is 0.167. The van der Waals surface area contributed by atoms with E-state index in [2.05, 4.69) is 22.0 Å². The summed E-state index contributed by atoms with van der Waals surface area (Å²) in [4.78, 5) is 11.1. The third-order valence-electron chi connectivity index (χ3n) is 4.46. The lowest BCUT2D eigenvalue weighted by Crippen LogP contribution is -2.00. The van der Waals surface area contributed by atoms with Gasteiger partial charge in [-0.15, -0.1) is 0 Å². The van der Waals surface area contributed by atoms with Crippen molar-refractivity contribution in [1.82, 2.24) is 0 Å². The van der Waals surface area contributed by atoms with Gasteiger partial charge in [-0.2, -0.15) is 5.26 Å². The highest BCUT2D eigenvalue weighted by molar-refractivity contribution is 9.10. The molecular formula is C25H20BrNO4. The van der Waals surface area contributed by atoms with Gasteiger partial charge in [0, 0.05) is 4.47 Å². The molecule has 3 aromatic carbocycles. The second-order valence-corrected chi connectivity index (χ2v) is 7.43. The minimum atomic E-state index is -1.01. The van der Waals surface area contributed by atoms with E-state index in [1.54, 1.807) is 18.2 Å². The van der Waals surface area contributed by atoms with Gasteiger partial charge >= 0.3 is 5.97 Å². The normalized spacial score (nSPS) is 10.9. The zero-order valence-corrected chi connectivity index (χ0v) is 18.4. The highest BCUT2D eigenvalue weighted by Crippen LogP contribution is 2.36. The van der Waals surface area contributed by atoms with Crippen molar-refractivity contribution in [3.05, 3.63) is 93.5 Å². The summed E-state index contributed by atoms with van der Waals surface area (Å²) in [5.41, 5.74) is 2.98. The minimum Gasteiger partial charge on any atom is -0.490 e. The van der Waals surface area contributed by atoms with Crippen LogP contribution in [0.4, 0.5) is 0 Å². The third-order valence-corrected chi connectivity index (χ3v) is 5.15. The molecular weight excluding hydrogens is 458 g/mol. The first-order chi connectivity index (χ1) is 15.0. The number of carboxylic acids is 1. The number of allylic oxidation sites excluding steroid dienone is 1. The lowest BCUT2D eigenvalue weighted by Gasteiger charge is -2.14. The molecule has 0 aliphatic carbocycles. The van der Waals surface area contributed by atoms with Crippen molar-refractivity contribution in [2.24, 2.45) is 0 Å². The standard InChI is InChI=1S/C25H20BrNO4/c1-2-30-23-13-20(12-21(15-27)18-8-10-19(11-9-18)25(28)29)22(26)14-24(23)31-16-17-6-4-3-5-7-17/h3-14H,2,16H2,1H3,(H,28,29)/b21-12-. The number of aromatic carboxylic acids is 1. The van der Waals surface area contributed by atoms with Crippen LogP contribution in [0.5, 0.6) is 11.5 Å². The molecule has 0 aliphatic heterocycles. The highest BCUT2D eigenvalue weighted by atomic mass is 79.9. The Kier molecular flexibility index (Phi) is 7.47. The third kappa shape index (κ3) is 5.74. The Labute approximate surface area is 189 Å². The SMILES string of the molecule is CCOc1cc(/C=C(/C#N)c2ccc(C(=O)O)cc2)c(Br)cc1OCc1ccccc1. The molecule has 0 saturated carbocycles. The molecule has 5 nitrogen and oxygen atoms in total. The molecule has 0 aromatic heterocycles. The van der Waals surface area contributed by atoms with Crippen molar-refractivity contribution in [2.75, 3.05) is 6.61 Å². The first kappa shape index (κ1) is 22.1. The van der Waals surface area contributed by atoms with Gasteiger partial charge in [-0.3, -0.25) is 0 Å². The first-order valence-electron chi connectivity index (χ1n) is 9.60. The van der Waals surface area contributed by atoms with Crippen molar-refractivity contribution in [3.8, 4) is 17.6 Å². The second kappa shape index (κ2) is 10.5. The summed E-state index contributed by atoms with van der Waals surface area (Å²) in [5, 5.41) is 18.7. The monoisotopic (exact) mass is 477 g/mol. The summed E-state index contributed by atoms with van der Waals surface area (Å²) in [6, 6.07) is 21.8. The van der Waals surface area contributed by atoms with E-state index < -0.39 is 5.97 Å². The predicted octanol–water partition coefficient (Wildman–Crippen LogP) is 6.19. The van der Waals surface area contributed by atoms with Crippen LogP contribution in [-0.4, -0.2) is 17.7 Å². The maximum atomic E-state index is 11.1. The number of rotatable bonds is 8. The number of halogens is 1.